The summed E-state index contributed by atoms with van der Waals surface area (Å²) in [4.78, 5) is 27.2. The Morgan fingerprint density at radius 2 is 1.38 bits per heavy atom. The van der Waals surface area contributed by atoms with Gasteiger partial charge < -0.3 is 19.9 Å². The molecule has 0 aromatic heterocycles. The lowest BCUT2D eigenvalue weighted by molar-refractivity contribution is -0.139. The van der Waals surface area contributed by atoms with Crippen LogP contribution in [0.5, 0.6) is 11.5 Å². The number of rotatable bonds is 10. The number of methoxy groups -OCH3 is 1. The zero-order valence-electron chi connectivity index (χ0n) is 20.4. The number of benzene rings is 4. The van der Waals surface area contributed by atoms with Gasteiger partial charge >= 0.3 is 12.0 Å². The fraction of sp³-hybridized carbons (Fsp3) is 0.133. The lowest BCUT2D eigenvalue weighted by atomic mass is 10.0. The fourth-order valence-electron chi connectivity index (χ4n) is 3.95. The normalized spacial score (nSPS) is 11.3. The molecule has 0 aliphatic rings. The summed E-state index contributed by atoms with van der Waals surface area (Å²) in [7, 11) is 1.53. The number of carboxylic acid groups (broad SMARTS) is 1. The van der Waals surface area contributed by atoms with Crippen LogP contribution in [0.4, 0.5) is 16.2 Å². The van der Waals surface area contributed by atoms with Crippen molar-refractivity contribution in [3.8, 4) is 11.5 Å². The van der Waals surface area contributed by atoms with E-state index in [1.54, 1.807) is 42.5 Å². The van der Waals surface area contributed by atoms with Crippen molar-refractivity contribution in [1.29, 1.82) is 0 Å². The standard InChI is InChI=1S/C30H28N2O5/c1-36-27-19-11-14-23(28(27)37-21-22-12-5-2-6-13-22)20-26(29(33)34)31-30(35)32(24-15-7-3-8-16-24)25-17-9-4-10-18-25/h2-19,26H,20-21H2,1H3,(H,31,35)(H,33,34). The second-order valence-electron chi connectivity index (χ2n) is 8.27. The first kappa shape index (κ1) is 25.3. The highest BCUT2D eigenvalue weighted by Crippen LogP contribution is 2.33. The lowest BCUT2D eigenvalue weighted by Gasteiger charge is -2.26. The first-order valence-corrected chi connectivity index (χ1v) is 11.8. The van der Waals surface area contributed by atoms with E-state index in [-0.39, 0.29) is 13.0 Å². The predicted molar refractivity (Wildman–Crippen MR) is 142 cm³/mol. The van der Waals surface area contributed by atoms with Crippen LogP contribution in [-0.2, 0) is 17.8 Å². The molecule has 0 heterocycles. The Hall–Kier alpha value is -4.78. The van der Waals surface area contributed by atoms with E-state index < -0.39 is 18.0 Å². The molecule has 0 saturated carbocycles. The first-order valence-electron chi connectivity index (χ1n) is 11.8. The maximum absolute atomic E-state index is 13.5. The number of hydrogen-bond donors (Lipinski definition) is 2. The molecule has 0 fully saturated rings. The smallest absolute Gasteiger partial charge is 0.327 e. The Balaban J connectivity index is 1.59. The minimum Gasteiger partial charge on any atom is -0.493 e. The zero-order valence-corrected chi connectivity index (χ0v) is 20.4. The SMILES string of the molecule is COc1cccc(CC(NC(=O)N(c2ccccc2)c2ccccc2)C(=O)O)c1OCc1ccccc1. The number of ether oxygens (including phenoxy) is 2. The van der Waals surface area contributed by atoms with Crippen LogP contribution in [0.3, 0.4) is 0 Å². The number of nitrogens with one attached hydrogen (secondary N) is 1. The van der Waals surface area contributed by atoms with Gasteiger partial charge in [-0.3, -0.25) is 4.90 Å². The molecular formula is C30H28N2O5. The summed E-state index contributed by atoms with van der Waals surface area (Å²) < 4.78 is 11.6. The van der Waals surface area contributed by atoms with Gasteiger partial charge in [0.2, 0.25) is 0 Å². The van der Waals surface area contributed by atoms with Crippen molar-refractivity contribution >= 4 is 23.4 Å². The molecule has 37 heavy (non-hydrogen) atoms. The highest BCUT2D eigenvalue weighted by molar-refractivity contribution is 6.00. The molecule has 7 heteroatoms. The maximum atomic E-state index is 13.5. The quantitative estimate of drug-likeness (QED) is 0.289. The number of urea groups is 1. The molecule has 0 saturated heterocycles. The highest BCUT2D eigenvalue weighted by Gasteiger charge is 2.27. The topological polar surface area (TPSA) is 88.1 Å². The highest BCUT2D eigenvalue weighted by atomic mass is 16.5. The third kappa shape index (κ3) is 6.46. The molecular weight excluding hydrogens is 468 g/mol. The van der Waals surface area contributed by atoms with Gasteiger partial charge in [-0.25, -0.2) is 9.59 Å². The molecule has 0 radical (unpaired) electrons. The van der Waals surface area contributed by atoms with Crippen molar-refractivity contribution in [2.45, 2.75) is 19.1 Å². The number of anilines is 2. The largest absolute Gasteiger partial charge is 0.493 e. The van der Waals surface area contributed by atoms with Crippen LogP contribution in [0, 0.1) is 0 Å². The van der Waals surface area contributed by atoms with Gasteiger partial charge in [-0.2, -0.15) is 0 Å². The number of carboxylic acids is 1. The number of amides is 2. The van der Waals surface area contributed by atoms with Gasteiger partial charge in [0, 0.05) is 12.0 Å². The van der Waals surface area contributed by atoms with Gasteiger partial charge in [0.05, 0.1) is 18.5 Å². The molecule has 0 spiro atoms. The van der Waals surface area contributed by atoms with Crippen molar-refractivity contribution in [3.63, 3.8) is 0 Å². The van der Waals surface area contributed by atoms with Crippen molar-refractivity contribution in [1.82, 2.24) is 5.32 Å². The van der Waals surface area contributed by atoms with Crippen molar-refractivity contribution in [2.75, 3.05) is 12.0 Å². The van der Waals surface area contributed by atoms with Crippen LogP contribution in [0.25, 0.3) is 0 Å². The molecule has 7 nitrogen and oxygen atoms in total. The van der Waals surface area contributed by atoms with Crippen molar-refractivity contribution in [2.24, 2.45) is 0 Å². The van der Waals surface area contributed by atoms with Gasteiger partial charge in [0.25, 0.3) is 0 Å². The molecule has 4 aromatic carbocycles. The van der Waals surface area contributed by atoms with Crippen LogP contribution >= 0.6 is 0 Å². The Morgan fingerprint density at radius 1 is 0.811 bits per heavy atom. The molecule has 2 N–H and O–H groups in total. The summed E-state index contributed by atoms with van der Waals surface area (Å²) in [5.74, 6) is -0.234. The third-order valence-corrected chi connectivity index (χ3v) is 5.76. The number of para-hydroxylation sites is 3. The van der Waals surface area contributed by atoms with E-state index in [1.165, 1.54) is 12.0 Å². The average molecular weight is 497 g/mol. The molecule has 1 atom stereocenters. The van der Waals surface area contributed by atoms with Gasteiger partial charge in [-0.05, 0) is 35.9 Å². The van der Waals surface area contributed by atoms with Gasteiger partial charge in [-0.1, -0.05) is 78.9 Å². The van der Waals surface area contributed by atoms with Crippen LogP contribution in [0.2, 0.25) is 0 Å². The molecule has 4 aromatic rings. The minimum absolute atomic E-state index is 0.000183. The zero-order chi connectivity index (χ0) is 26.0. The Labute approximate surface area is 215 Å². The van der Waals surface area contributed by atoms with Crippen molar-refractivity contribution < 1.29 is 24.2 Å². The van der Waals surface area contributed by atoms with Crippen LogP contribution in [0.15, 0.2) is 109 Å². The Kier molecular flexibility index (Phi) is 8.39. The number of nitrogens with zero attached hydrogens (tertiary/aromatic N) is 1. The predicted octanol–water partition coefficient (Wildman–Crippen LogP) is 5.82. The van der Waals surface area contributed by atoms with E-state index in [2.05, 4.69) is 5.32 Å². The van der Waals surface area contributed by atoms with Gasteiger partial charge in [0.15, 0.2) is 11.5 Å². The van der Waals surface area contributed by atoms with E-state index in [0.717, 1.165) is 5.56 Å². The number of carbonyl (C=O) groups is 2. The Bertz CT molecular complexity index is 1270. The van der Waals surface area contributed by atoms with Crippen LogP contribution < -0.4 is 19.7 Å². The van der Waals surface area contributed by atoms with Crippen molar-refractivity contribution in [3.05, 3.63) is 120 Å². The molecule has 188 valence electrons. The summed E-state index contributed by atoms with van der Waals surface area (Å²) >= 11 is 0. The average Bonchev–Trinajstić information content (AvgIpc) is 2.93. The fourth-order valence-corrected chi connectivity index (χ4v) is 3.95. The number of carbonyl (C=O) groups excluding carboxylic acids is 1. The van der Waals surface area contributed by atoms with Crippen LogP contribution in [-0.4, -0.2) is 30.3 Å². The van der Waals surface area contributed by atoms with Gasteiger partial charge in [0.1, 0.15) is 12.6 Å². The lowest BCUT2D eigenvalue weighted by Crippen LogP contribution is -2.47. The summed E-state index contributed by atoms with van der Waals surface area (Å²) in [5.41, 5.74) is 2.80. The number of aliphatic carboxylic acids is 1. The molecule has 0 aliphatic carbocycles. The third-order valence-electron chi connectivity index (χ3n) is 5.76. The summed E-state index contributed by atoms with van der Waals surface area (Å²) in [5, 5.41) is 12.7. The minimum atomic E-state index is -1.21. The second kappa shape index (κ2) is 12.3. The Morgan fingerprint density at radius 3 is 1.92 bits per heavy atom. The number of hydrogen-bond acceptors (Lipinski definition) is 4. The summed E-state index contributed by atoms with van der Waals surface area (Å²) in [6.45, 7) is 0.286. The molecule has 2 amide bonds. The molecule has 0 bridgehead atoms. The van der Waals surface area contributed by atoms with Gasteiger partial charge in [-0.15, -0.1) is 0 Å². The monoisotopic (exact) mass is 496 g/mol. The first-order chi connectivity index (χ1) is 18.1. The maximum Gasteiger partial charge on any atom is 0.327 e. The van der Waals surface area contributed by atoms with E-state index in [9.17, 15) is 14.7 Å². The van der Waals surface area contributed by atoms with E-state index in [4.69, 9.17) is 9.47 Å². The molecule has 1 unspecified atom stereocenters. The molecule has 4 rings (SSSR count). The summed E-state index contributed by atoms with van der Waals surface area (Å²) in [6, 6.07) is 31.3. The van der Waals surface area contributed by atoms with Crippen LogP contribution in [0.1, 0.15) is 11.1 Å². The van der Waals surface area contributed by atoms with E-state index in [1.807, 2.05) is 66.7 Å². The van der Waals surface area contributed by atoms with E-state index in [0.29, 0.717) is 28.4 Å². The van der Waals surface area contributed by atoms with E-state index >= 15 is 0 Å². The molecule has 0 aliphatic heterocycles. The second-order valence-corrected chi connectivity index (χ2v) is 8.27. The summed E-state index contributed by atoms with van der Waals surface area (Å²) in [6.07, 6.45) is -0.000183.